The highest BCUT2D eigenvalue weighted by Crippen LogP contribution is 2.65. The van der Waals surface area contributed by atoms with Crippen LogP contribution in [0.5, 0.6) is 0 Å². The summed E-state index contributed by atoms with van der Waals surface area (Å²) in [5, 5.41) is 20.3. The normalized spacial score (nSPS) is 20.5. The highest BCUT2D eigenvalue weighted by atomic mass is 16.4. The Hall–Kier alpha value is -6.30. The molecular formula is C46H48N6O6. The second-order valence-electron chi connectivity index (χ2n) is 16.2. The number of carboxylic acids is 2. The van der Waals surface area contributed by atoms with Crippen LogP contribution in [0.1, 0.15) is 120 Å². The van der Waals surface area contributed by atoms with Crippen molar-refractivity contribution in [2.75, 3.05) is 11.9 Å². The number of carbonyl (C=O) groups is 4. The number of nitrogens with zero attached hydrogens (tertiary/aromatic N) is 3. The fourth-order valence-electron chi connectivity index (χ4n) is 10.6. The first-order valence-electron chi connectivity index (χ1n) is 19.9. The molecular weight excluding hydrogens is 733 g/mol. The zero-order valence-corrected chi connectivity index (χ0v) is 33.9. The van der Waals surface area contributed by atoms with Crippen molar-refractivity contribution in [3.05, 3.63) is 104 Å². The number of aliphatic carboxylic acids is 2. The van der Waals surface area contributed by atoms with Gasteiger partial charge in [0, 0.05) is 64.3 Å². The number of H-pyrrole nitrogens is 2. The number of benzene rings is 1. The summed E-state index contributed by atoms with van der Waals surface area (Å²) in [5.74, 6) is -2.57. The van der Waals surface area contributed by atoms with Gasteiger partial charge in [0.25, 0.3) is 0 Å². The molecule has 0 saturated carbocycles. The molecule has 6 heterocycles. The number of hydrogen-bond acceptors (Lipinski definition) is 7. The second-order valence-corrected chi connectivity index (χ2v) is 16.2. The molecule has 1 amide bonds. The second kappa shape index (κ2) is 13.7. The lowest BCUT2D eigenvalue weighted by molar-refractivity contribution is -0.138. The molecule has 1 aromatic carbocycles. The van der Waals surface area contributed by atoms with E-state index in [1.54, 1.807) is 6.07 Å². The third-order valence-corrected chi connectivity index (χ3v) is 13.5. The lowest BCUT2D eigenvalue weighted by Crippen LogP contribution is -2.64. The number of anilines is 1. The maximum Gasteiger partial charge on any atom is 0.303 e. The Morgan fingerprint density at radius 1 is 0.897 bits per heavy atom. The highest BCUT2D eigenvalue weighted by molar-refractivity contribution is 6.04. The van der Waals surface area contributed by atoms with Gasteiger partial charge in [-0.05, 0) is 128 Å². The molecule has 58 heavy (non-hydrogen) atoms. The maximum atomic E-state index is 13.9. The van der Waals surface area contributed by atoms with Crippen LogP contribution in [-0.4, -0.2) is 67.4 Å². The summed E-state index contributed by atoms with van der Waals surface area (Å²) in [6.07, 6.45) is 3.94. The molecule has 3 aliphatic heterocycles. The molecule has 4 aliphatic rings. The average molecular weight is 781 g/mol. The summed E-state index contributed by atoms with van der Waals surface area (Å²) in [7, 11) is 1.89. The van der Waals surface area contributed by atoms with Crippen molar-refractivity contribution in [2.24, 2.45) is 5.73 Å². The predicted molar refractivity (Wildman–Crippen MR) is 225 cm³/mol. The third-order valence-electron chi connectivity index (χ3n) is 13.5. The van der Waals surface area contributed by atoms with Crippen LogP contribution in [0.25, 0.3) is 39.3 Å². The standard InChI is InChI=1S/C46H48N6O6/c1-8-26-22(3)32-18-33-24(5)28(11-13-39(54)55)36(49-33)20-38-46(15-14-40(56)57)31-16-25(21-53)10-12-37(31)52(7)43-30(44(47)58)17-29(42(51-38)45(43,46)6)41-27(9-2)23(4)34(50-41)19-35(26)48-32/h10,12,16-21,43,48-49H,8-9,11,13-15H2,1-7H3,(H2,47,58)(H,54,55)(H,56,57). The molecule has 0 saturated heterocycles. The van der Waals surface area contributed by atoms with Gasteiger partial charge in [-0.15, -0.1) is 0 Å². The van der Waals surface area contributed by atoms with Crippen LogP contribution in [0.2, 0.25) is 0 Å². The molecule has 3 atom stereocenters. The van der Waals surface area contributed by atoms with Crippen molar-refractivity contribution in [2.45, 2.75) is 96.9 Å². The first-order chi connectivity index (χ1) is 27.6. The van der Waals surface area contributed by atoms with E-state index in [1.165, 1.54) is 0 Å². The summed E-state index contributed by atoms with van der Waals surface area (Å²) in [6.45, 7) is 12.3. The average Bonchev–Trinajstić information content (AvgIpc) is 3.84. The van der Waals surface area contributed by atoms with Crippen molar-refractivity contribution in [1.29, 1.82) is 0 Å². The molecule has 12 heteroatoms. The Labute approximate surface area is 335 Å². The van der Waals surface area contributed by atoms with Crippen LogP contribution in [-0.2, 0) is 38.1 Å². The van der Waals surface area contributed by atoms with Crippen LogP contribution in [0.4, 0.5) is 5.69 Å². The van der Waals surface area contributed by atoms with Crippen LogP contribution in [0.3, 0.4) is 0 Å². The summed E-state index contributed by atoms with van der Waals surface area (Å²) < 4.78 is 0. The van der Waals surface area contributed by atoms with Gasteiger partial charge in [0.2, 0.25) is 5.91 Å². The molecule has 0 spiro atoms. The number of aryl methyl sites for hydroxylation is 4. The maximum absolute atomic E-state index is 13.9. The Kier molecular flexibility index (Phi) is 9.09. The lowest BCUT2D eigenvalue weighted by Gasteiger charge is -2.58. The van der Waals surface area contributed by atoms with E-state index in [2.05, 4.69) is 49.8 Å². The number of fused-ring (bicyclic) bond motifs is 11. The number of nitrogens with one attached hydrogen (secondary N) is 2. The summed E-state index contributed by atoms with van der Waals surface area (Å²) in [6, 6.07) is 10.7. The largest absolute Gasteiger partial charge is 0.481 e. The number of aromatic nitrogens is 4. The molecule has 0 fully saturated rings. The summed E-state index contributed by atoms with van der Waals surface area (Å²) >= 11 is 0. The van der Waals surface area contributed by atoms with Gasteiger partial charge in [-0.25, -0.2) is 4.98 Å². The number of likely N-dealkylation sites (N-methyl/N-ethyl adjacent to an activating group) is 1. The van der Waals surface area contributed by atoms with Crippen LogP contribution < -0.4 is 10.6 Å². The van der Waals surface area contributed by atoms with Gasteiger partial charge in [-0.1, -0.05) is 20.8 Å². The smallest absolute Gasteiger partial charge is 0.303 e. The minimum Gasteiger partial charge on any atom is -0.481 e. The van der Waals surface area contributed by atoms with Crippen LogP contribution in [0.15, 0.2) is 42.0 Å². The van der Waals surface area contributed by atoms with E-state index in [9.17, 15) is 29.4 Å². The van der Waals surface area contributed by atoms with Crippen LogP contribution in [0, 0.1) is 13.8 Å². The van der Waals surface area contributed by atoms with E-state index in [1.807, 2.05) is 50.1 Å². The molecule has 3 unspecified atom stereocenters. The summed E-state index contributed by atoms with van der Waals surface area (Å²) in [5.41, 5.74) is 18.6. The number of rotatable bonds is 10. The number of amides is 1. The fourth-order valence-corrected chi connectivity index (χ4v) is 10.6. The molecule has 12 nitrogen and oxygen atoms in total. The van der Waals surface area contributed by atoms with Crippen molar-refractivity contribution in [3.63, 3.8) is 0 Å². The number of aldehydes is 1. The minimum absolute atomic E-state index is 0.0663. The quantitative estimate of drug-likeness (QED) is 0.101. The monoisotopic (exact) mass is 780 g/mol. The van der Waals surface area contributed by atoms with E-state index in [-0.39, 0.29) is 25.7 Å². The third kappa shape index (κ3) is 5.33. The Bertz CT molecular complexity index is 2750. The van der Waals surface area contributed by atoms with Crippen LogP contribution >= 0.6 is 0 Å². The topological polar surface area (TPSA) is 195 Å². The number of aromatic amines is 2. The number of allylic oxidation sites excluding steroid dienone is 2. The van der Waals surface area contributed by atoms with E-state index in [0.717, 1.165) is 68.4 Å². The molecule has 0 radical (unpaired) electrons. The fraction of sp³-hybridized carbons (Fsp3) is 0.348. The van der Waals surface area contributed by atoms with Crippen molar-refractivity contribution in [1.82, 2.24) is 19.9 Å². The molecule has 6 N–H and O–H groups in total. The predicted octanol–water partition coefficient (Wildman–Crippen LogP) is 7.47. The molecule has 3 aromatic heterocycles. The van der Waals surface area contributed by atoms with Crippen molar-refractivity contribution >= 4 is 69.1 Å². The highest BCUT2D eigenvalue weighted by Gasteiger charge is 2.67. The minimum atomic E-state index is -1.23. The van der Waals surface area contributed by atoms with Gasteiger partial charge in [0.1, 0.15) is 6.29 Å². The number of carboxylic acid groups (broad SMARTS) is 2. The van der Waals surface area contributed by atoms with Gasteiger partial charge in [-0.3, -0.25) is 24.2 Å². The number of nitrogens with two attached hydrogens (primary N) is 1. The van der Waals surface area contributed by atoms with E-state index >= 15 is 0 Å². The zero-order valence-electron chi connectivity index (χ0n) is 33.9. The van der Waals surface area contributed by atoms with Gasteiger partial charge >= 0.3 is 11.9 Å². The number of primary amides is 1. The molecule has 8 bridgehead atoms. The molecule has 4 aromatic rings. The van der Waals surface area contributed by atoms with Crippen molar-refractivity contribution in [3.8, 4) is 0 Å². The van der Waals surface area contributed by atoms with E-state index < -0.39 is 34.7 Å². The first-order valence-corrected chi connectivity index (χ1v) is 19.9. The van der Waals surface area contributed by atoms with Crippen molar-refractivity contribution < 1.29 is 29.4 Å². The zero-order chi connectivity index (χ0) is 41.6. The lowest BCUT2D eigenvalue weighted by atomic mass is 9.49. The van der Waals surface area contributed by atoms with Gasteiger partial charge in [-0.2, -0.15) is 0 Å². The first kappa shape index (κ1) is 38.6. The Morgan fingerprint density at radius 2 is 1.57 bits per heavy atom. The Balaban J connectivity index is 1.66. The van der Waals surface area contributed by atoms with E-state index in [4.69, 9.17) is 15.7 Å². The molecule has 8 rings (SSSR count). The molecule has 1 aliphatic carbocycles. The number of carbonyl (C=O) groups excluding carboxylic acids is 2. The Morgan fingerprint density at radius 3 is 2.19 bits per heavy atom. The number of hydrogen-bond donors (Lipinski definition) is 5. The van der Waals surface area contributed by atoms with E-state index in [0.29, 0.717) is 57.0 Å². The van der Waals surface area contributed by atoms with Gasteiger partial charge in [0.05, 0.1) is 39.6 Å². The van der Waals surface area contributed by atoms with Gasteiger partial charge in [0.15, 0.2) is 0 Å². The van der Waals surface area contributed by atoms with Gasteiger partial charge < -0.3 is 30.8 Å². The SMILES string of the molecule is CCC1=C(C)c2cc3[nH]c(cc4[nH]c(cc5nc6c(c1n2)C=C(C(N)=O)C1N(C)c2ccc(C=O)cc2C5(CCC(=O)O)C61C)c(CCC(=O)O)c4C)c(C)c3CC. The molecule has 298 valence electrons. The summed E-state index contributed by atoms with van der Waals surface area (Å²) in [4.78, 5) is 71.3.